The number of hydrogen-bond donors (Lipinski definition) is 2. The molecule has 0 radical (unpaired) electrons. The second-order valence-corrected chi connectivity index (χ2v) is 4.69. The van der Waals surface area contributed by atoms with Crippen LogP contribution in [-0.4, -0.2) is 19.1 Å². The zero-order valence-electron chi connectivity index (χ0n) is 11.7. The van der Waals surface area contributed by atoms with E-state index in [2.05, 4.69) is 16.8 Å². The van der Waals surface area contributed by atoms with E-state index in [0.717, 1.165) is 5.56 Å². The Labute approximate surface area is 128 Å². The summed E-state index contributed by atoms with van der Waals surface area (Å²) in [5.41, 5.74) is 8.41. The second-order valence-electron chi connectivity index (χ2n) is 4.31. The Balaban J connectivity index is 2.37. The van der Waals surface area contributed by atoms with Crippen LogP contribution in [0.3, 0.4) is 0 Å². The van der Waals surface area contributed by atoms with Crippen molar-refractivity contribution < 1.29 is 4.74 Å². The number of ether oxygens (including phenoxy) is 1. The van der Waals surface area contributed by atoms with Crippen molar-refractivity contribution in [3.63, 3.8) is 0 Å². The number of nitrogens with zero attached hydrogens (tertiary/aromatic N) is 2. The van der Waals surface area contributed by atoms with Crippen LogP contribution >= 0.6 is 11.6 Å². The standard InChI is InChI=1S/C15H15ClN4O/c1-20(18)12-6-5-11(14(16)15(12)17)4-3-10-7-8-19-13(9-10)21-2/h5-9H,17-18H2,1-2H3. The summed E-state index contributed by atoms with van der Waals surface area (Å²) in [7, 11) is 3.25. The summed E-state index contributed by atoms with van der Waals surface area (Å²) in [6.45, 7) is 0. The minimum Gasteiger partial charge on any atom is -0.481 e. The molecule has 2 rings (SSSR count). The maximum Gasteiger partial charge on any atom is 0.214 e. The van der Waals surface area contributed by atoms with E-state index in [0.29, 0.717) is 27.8 Å². The number of halogens is 1. The third-order valence-electron chi connectivity index (χ3n) is 2.82. The third-order valence-corrected chi connectivity index (χ3v) is 3.23. The van der Waals surface area contributed by atoms with Gasteiger partial charge in [0.05, 0.1) is 23.5 Å². The number of nitrogen functional groups attached to an aromatic ring is 1. The van der Waals surface area contributed by atoms with E-state index < -0.39 is 0 Å². The summed E-state index contributed by atoms with van der Waals surface area (Å²) >= 11 is 6.22. The van der Waals surface area contributed by atoms with Crippen LogP contribution in [0.5, 0.6) is 5.88 Å². The average molecular weight is 303 g/mol. The third kappa shape index (κ3) is 3.37. The highest BCUT2D eigenvalue weighted by Crippen LogP contribution is 2.31. The predicted octanol–water partition coefficient (Wildman–Crippen LogP) is 2.04. The van der Waals surface area contributed by atoms with E-state index in [1.54, 1.807) is 44.6 Å². The fourth-order valence-corrected chi connectivity index (χ4v) is 1.93. The van der Waals surface area contributed by atoms with Gasteiger partial charge in [0.1, 0.15) is 0 Å². The molecule has 2 aromatic rings. The zero-order chi connectivity index (χ0) is 15.4. The lowest BCUT2D eigenvalue weighted by atomic mass is 10.1. The minimum absolute atomic E-state index is 0.387. The number of benzene rings is 1. The second kappa shape index (κ2) is 6.35. The van der Waals surface area contributed by atoms with E-state index in [9.17, 15) is 0 Å². The van der Waals surface area contributed by atoms with Gasteiger partial charge in [0.25, 0.3) is 0 Å². The van der Waals surface area contributed by atoms with E-state index in [1.807, 2.05) is 0 Å². The zero-order valence-corrected chi connectivity index (χ0v) is 12.5. The molecule has 0 unspecified atom stereocenters. The molecular weight excluding hydrogens is 288 g/mol. The first-order chi connectivity index (χ1) is 10.0. The summed E-state index contributed by atoms with van der Waals surface area (Å²) in [5, 5.41) is 1.80. The van der Waals surface area contributed by atoms with Crippen molar-refractivity contribution in [3.05, 3.63) is 46.6 Å². The molecule has 5 nitrogen and oxygen atoms in total. The molecule has 0 fully saturated rings. The Morgan fingerprint density at radius 3 is 2.71 bits per heavy atom. The molecule has 0 saturated carbocycles. The van der Waals surface area contributed by atoms with Crippen LogP contribution in [0.4, 0.5) is 11.4 Å². The number of pyridine rings is 1. The van der Waals surface area contributed by atoms with Crippen LogP contribution in [0.15, 0.2) is 30.5 Å². The number of anilines is 2. The van der Waals surface area contributed by atoms with Gasteiger partial charge in [-0.3, -0.25) is 0 Å². The number of hydrogen-bond acceptors (Lipinski definition) is 5. The highest BCUT2D eigenvalue weighted by molar-refractivity contribution is 6.35. The van der Waals surface area contributed by atoms with Crippen molar-refractivity contribution in [3.8, 4) is 17.7 Å². The van der Waals surface area contributed by atoms with Gasteiger partial charge in [-0.25, -0.2) is 10.8 Å². The summed E-state index contributed by atoms with van der Waals surface area (Å²) in [5.74, 6) is 12.2. The molecule has 0 saturated heterocycles. The Hall–Kier alpha value is -2.42. The molecule has 1 aromatic heterocycles. The van der Waals surface area contributed by atoms with Gasteiger partial charge in [-0.05, 0) is 18.2 Å². The highest BCUT2D eigenvalue weighted by Gasteiger charge is 2.09. The van der Waals surface area contributed by atoms with Crippen LogP contribution in [0.2, 0.25) is 5.02 Å². The summed E-state index contributed by atoms with van der Waals surface area (Å²) in [4.78, 5) is 4.02. The van der Waals surface area contributed by atoms with Crippen LogP contribution in [0.25, 0.3) is 0 Å². The van der Waals surface area contributed by atoms with Gasteiger partial charge in [-0.15, -0.1) is 0 Å². The average Bonchev–Trinajstić information content (AvgIpc) is 2.48. The molecule has 108 valence electrons. The first-order valence-electron chi connectivity index (χ1n) is 6.11. The molecule has 0 amide bonds. The minimum atomic E-state index is 0.387. The van der Waals surface area contributed by atoms with Crippen molar-refractivity contribution in [2.45, 2.75) is 0 Å². The molecule has 21 heavy (non-hydrogen) atoms. The molecule has 0 bridgehead atoms. The SMILES string of the molecule is COc1cc(C#Cc2ccc(N(C)N)c(N)c2Cl)ccn1. The molecule has 4 N–H and O–H groups in total. The molecular formula is C15H15ClN4O. The molecule has 6 heteroatoms. The van der Waals surface area contributed by atoms with Gasteiger partial charge in [0.2, 0.25) is 5.88 Å². The number of nitrogens with two attached hydrogens (primary N) is 2. The monoisotopic (exact) mass is 302 g/mol. The van der Waals surface area contributed by atoms with Crippen molar-refractivity contribution in [1.29, 1.82) is 0 Å². The molecule has 1 heterocycles. The molecule has 0 aliphatic heterocycles. The maximum absolute atomic E-state index is 6.22. The van der Waals surface area contributed by atoms with Gasteiger partial charge in [-0.1, -0.05) is 23.4 Å². The Kier molecular flexibility index (Phi) is 4.53. The highest BCUT2D eigenvalue weighted by atomic mass is 35.5. The Morgan fingerprint density at radius 1 is 1.29 bits per heavy atom. The van der Waals surface area contributed by atoms with Crippen molar-refractivity contribution >= 4 is 23.0 Å². The van der Waals surface area contributed by atoms with E-state index in [4.69, 9.17) is 27.9 Å². The number of hydrazine groups is 1. The number of methoxy groups -OCH3 is 1. The largest absolute Gasteiger partial charge is 0.481 e. The Morgan fingerprint density at radius 2 is 2.05 bits per heavy atom. The molecule has 0 spiro atoms. The van der Waals surface area contributed by atoms with Crippen LogP contribution < -0.4 is 21.3 Å². The lowest BCUT2D eigenvalue weighted by Gasteiger charge is -2.16. The molecule has 0 atom stereocenters. The number of rotatable bonds is 2. The topological polar surface area (TPSA) is 77.4 Å². The van der Waals surface area contributed by atoms with Gasteiger partial charge >= 0.3 is 0 Å². The lowest BCUT2D eigenvalue weighted by Crippen LogP contribution is -2.26. The first-order valence-corrected chi connectivity index (χ1v) is 6.49. The van der Waals surface area contributed by atoms with E-state index >= 15 is 0 Å². The lowest BCUT2D eigenvalue weighted by molar-refractivity contribution is 0.398. The fraction of sp³-hybridized carbons (Fsp3) is 0.133. The normalized spacial score (nSPS) is 9.71. The quantitative estimate of drug-likeness (QED) is 0.384. The van der Waals surface area contributed by atoms with E-state index in [-0.39, 0.29) is 0 Å². The summed E-state index contributed by atoms with van der Waals surface area (Å²) < 4.78 is 5.05. The van der Waals surface area contributed by atoms with Crippen molar-refractivity contribution in [2.75, 3.05) is 24.9 Å². The predicted molar refractivity (Wildman–Crippen MR) is 85.2 cm³/mol. The fourth-order valence-electron chi connectivity index (χ4n) is 1.73. The van der Waals surface area contributed by atoms with Gasteiger partial charge < -0.3 is 15.5 Å². The van der Waals surface area contributed by atoms with Crippen LogP contribution in [-0.2, 0) is 0 Å². The Bertz CT molecular complexity index is 719. The van der Waals surface area contributed by atoms with Crippen molar-refractivity contribution in [1.82, 2.24) is 4.98 Å². The molecule has 0 aliphatic rings. The van der Waals surface area contributed by atoms with Gasteiger partial charge in [-0.2, -0.15) is 0 Å². The number of aromatic nitrogens is 1. The van der Waals surface area contributed by atoms with Crippen LogP contribution in [0, 0.1) is 11.8 Å². The van der Waals surface area contributed by atoms with E-state index in [1.165, 1.54) is 5.01 Å². The summed E-state index contributed by atoms with van der Waals surface area (Å²) in [6, 6.07) is 7.09. The molecule has 1 aromatic carbocycles. The van der Waals surface area contributed by atoms with Gasteiger partial charge in [0, 0.05) is 30.4 Å². The van der Waals surface area contributed by atoms with Crippen molar-refractivity contribution in [2.24, 2.45) is 5.84 Å². The summed E-state index contributed by atoms with van der Waals surface area (Å²) in [6.07, 6.45) is 1.63. The van der Waals surface area contributed by atoms with Crippen LogP contribution in [0.1, 0.15) is 11.1 Å². The molecule has 0 aliphatic carbocycles. The smallest absolute Gasteiger partial charge is 0.214 e. The first kappa shape index (κ1) is 15.0. The maximum atomic E-state index is 6.22. The van der Waals surface area contributed by atoms with Gasteiger partial charge in [0.15, 0.2) is 0 Å².